The SMILES string of the molecule is C/C1=C\CC/C(C)=C/CC(C)(C)/C=C/C1.C=C1CC/C=C(/C)CC[C@H]2[C@H]1CC2(C)C.C=C1CC/C=C(\C)CC[C@H]2[C@H]1CC2(C)C.C=C1CC[C@@H]2O[C@@]2(C)CC[C@H]2[C@H]1CC2(C)C. The van der Waals surface area contributed by atoms with Crippen LogP contribution >= 0.6 is 0 Å². The van der Waals surface area contributed by atoms with Gasteiger partial charge in [0, 0.05) is 0 Å². The molecule has 0 N–H and O–H groups in total. The fraction of sp³-hybridized carbons (Fsp3) is 0.733. The summed E-state index contributed by atoms with van der Waals surface area (Å²) in [6, 6.07) is 0. The Morgan fingerprint density at radius 2 is 0.918 bits per heavy atom. The zero-order valence-electron chi connectivity index (χ0n) is 42.5. The largest absolute Gasteiger partial charge is 0.366 e. The van der Waals surface area contributed by atoms with Crippen molar-refractivity contribution in [3.63, 3.8) is 0 Å². The minimum absolute atomic E-state index is 0.223. The first-order valence-corrected chi connectivity index (χ1v) is 25.4. The highest BCUT2D eigenvalue weighted by molar-refractivity contribution is 5.19. The summed E-state index contributed by atoms with van der Waals surface area (Å²) in [5.41, 5.74) is 13.0. The Bertz CT molecular complexity index is 1650. The molecule has 1 heteroatoms. The van der Waals surface area contributed by atoms with Gasteiger partial charge >= 0.3 is 0 Å². The molecule has 0 unspecified atom stereocenters. The van der Waals surface area contributed by atoms with Gasteiger partial charge in [-0.3, -0.25) is 0 Å². The van der Waals surface area contributed by atoms with E-state index in [2.05, 4.69) is 146 Å². The van der Waals surface area contributed by atoms with Gasteiger partial charge in [0.15, 0.2) is 0 Å². The molecule has 0 bridgehead atoms. The Hall–Kier alpha value is -2.12. The summed E-state index contributed by atoms with van der Waals surface area (Å²) < 4.78 is 5.86. The summed E-state index contributed by atoms with van der Waals surface area (Å²) in [5.74, 6) is 5.13. The second-order valence-electron chi connectivity index (χ2n) is 24.9. The molecule has 0 aromatic rings. The van der Waals surface area contributed by atoms with Gasteiger partial charge in [0.1, 0.15) is 0 Å². The van der Waals surface area contributed by atoms with Gasteiger partial charge in [-0.15, -0.1) is 0 Å². The van der Waals surface area contributed by atoms with Crippen LogP contribution in [0.5, 0.6) is 0 Å². The number of epoxide rings is 1. The van der Waals surface area contributed by atoms with Crippen LogP contribution in [0.3, 0.4) is 0 Å². The van der Waals surface area contributed by atoms with E-state index >= 15 is 0 Å². The molecule has 8 atom stereocenters. The molecule has 1 nitrogen and oxygen atoms in total. The van der Waals surface area contributed by atoms with Crippen LogP contribution in [0.15, 0.2) is 95.2 Å². The van der Waals surface area contributed by atoms with Crippen LogP contribution in [0.1, 0.15) is 212 Å². The number of rotatable bonds is 0. The molecule has 1 aliphatic heterocycles. The van der Waals surface area contributed by atoms with Gasteiger partial charge in [0.25, 0.3) is 0 Å². The van der Waals surface area contributed by atoms with E-state index in [1.165, 1.54) is 137 Å². The standard InChI is InChI=1S/C15H24O.3C15H24/c1-10-5-6-13-15(4,16-13)8-7-12-11(10)9-14(12,2)3;2*1-11-6-5-7-12(2)13-10-15(3,4)14(13)9-8-11;1-13-7-5-8-14(2)10-12-15(3,4)11-6-9-13/h11-13H,1,5-9H2,2-4H3;2*6,13-14H,2,5,7-10H2,1,3-4H3;6-7,10-11H,5,8-9,12H2,1-4H3/b;11-6+;11-6-;11-6+,13-7+,14-10+/t11-,12-,13-,15-;2*13-,14-;/m000./s1. The lowest BCUT2D eigenvalue weighted by molar-refractivity contribution is -0.00211. The molecule has 1 heterocycles. The molecular weight excluding hydrogens is 737 g/mol. The first-order valence-electron chi connectivity index (χ1n) is 25.4. The van der Waals surface area contributed by atoms with Crippen LogP contribution in [0.4, 0.5) is 0 Å². The minimum Gasteiger partial charge on any atom is -0.366 e. The van der Waals surface area contributed by atoms with Crippen molar-refractivity contribution in [3.8, 4) is 0 Å². The summed E-state index contributed by atoms with van der Waals surface area (Å²) in [4.78, 5) is 0. The van der Waals surface area contributed by atoms with E-state index in [0.29, 0.717) is 27.8 Å². The number of allylic oxidation sites excluding steroid dienone is 13. The minimum atomic E-state index is 0.223. The van der Waals surface area contributed by atoms with Gasteiger partial charge in [0.05, 0.1) is 11.7 Å². The summed E-state index contributed by atoms with van der Waals surface area (Å²) in [5, 5.41) is 0. The van der Waals surface area contributed by atoms with Crippen molar-refractivity contribution in [3.05, 3.63) is 95.2 Å². The lowest BCUT2D eigenvalue weighted by atomic mass is 9.52. The predicted octanol–water partition coefficient (Wildman–Crippen LogP) is 18.4. The van der Waals surface area contributed by atoms with Crippen LogP contribution in [0.25, 0.3) is 0 Å². The molecule has 1 saturated heterocycles. The molecule has 61 heavy (non-hydrogen) atoms. The zero-order chi connectivity index (χ0) is 45.0. The van der Waals surface area contributed by atoms with Crippen molar-refractivity contribution >= 4 is 0 Å². The monoisotopic (exact) mass is 833 g/mol. The fourth-order valence-electron chi connectivity index (χ4n) is 12.8. The summed E-state index contributed by atoms with van der Waals surface area (Å²) in [6.07, 6.45) is 38.8. The van der Waals surface area contributed by atoms with E-state index in [4.69, 9.17) is 4.74 Å². The average molecular weight is 833 g/mol. The van der Waals surface area contributed by atoms with Gasteiger partial charge in [-0.05, 0) is 214 Å². The van der Waals surface area contributed by atoms with E-state index in [0.717, 1.165) is 48.3 Å². The Labute approximate surface area is 379 Å². The van der Waals surface area contributed by atoms with E-state index < -0.39 is 0 Å². The summed E-state index contributed by atoms with van der Waals surface area (Å²) in [7, 11) is 0. The first-order chi connectivity index (χ1) is 28.4. The molecular formula is C60H96O. The van der Waals surface area contributed by atoms with E-state index in [-0.39, 0.29) is 5.60 Å². The van der Waals surface area contributed by atoms with Gasteiger partial charge in [0.2, 0.25) is 0 Å². The van der Waals surface area contributed by atoms with Crippen LogP contribution in [-0.2, 0) is 4.74 Å². The topological polar surface area (TPSA) is 12.5 Å². The summed E-state index contributed by atoms with van der Waals surface area (Å²) in [6.45, 7) is 43.5. The molecule has 0 aromatic carbocycles. The maximum atomic E-state index is 5.86. The third-order valence-electron chi connectivity index (χ3n) is 17.6. The van der Waals surface area contributed by atoms with Crippen molar-refractivity contribution < 1.29 is 4.74 Å². The number of hydrogen-bond donors (Lipinski definition) is 0. The molecule has 0 radical (unpaired) electrons. The number of ether oxygens (including phenoxy) is 1. The molecule has 7 aliphatic carbocycles. The first kappa shape index (κ1) is 49.9. The zero-order valence-corrected chi connectivity index (χ0v) is 42.5. The third kappa shape index (κ3) is 13.5. The highest BCUT2D eigenvalue weighted by Gasteiger charge is 2.56. The van der Waals surface area contributed by atoms with Crippen LogP contribution < -0.4 is 0 Å². The Balaban J connectivity index is 0.000000154. The van der Waals surface area contributed by atoms with Gasteiger partial charge in [-0.25, -0.2) is 0 Å². The van der Waals surface area contributed by atoms with Gasteiger partial charge in [-0.2, -0.15) is 0 Å². The fourth-order valence-corrected chi connectivity index (χ4v) is 12.8. The van der Waals surface area contributed by atoms with Gasteiger partial charge in [-0.1, -0.05) is 151 Å². The summed E-state index contributed by atoms with van der Waals surface area (Å²) >= 11 is 0. The highest BCUT2D eigenvalue weighted by Crippen LogP contribution is 2.60. The highest BCUT2D eigenvalue weighted by atomic mass is 16.6. The van der Waals surface area contributed by atoms with Crippen molar-refractivity contribution in [1.29, 1.82) is 0 Å². The smallest absolute Gasteiger partial charge is 0.0920 e. The van der Waals surface area contributed by atoms with Crippen molar-refractivity contribution in [2.45, 2.75) is 224 Å². The lowest BCUT2D eigenvalue weighted by Gasteiger charge is -2.53. The van der Waals surface area contributed by atoms with E-state index in [9.17, 15) is 0 Å². The second-order valence-corrected chi connectivity index (χ2v) is 24.9. The predicted molar refractivity (Wildman–Crippen MR) is 269 cm³/mol. The maximum absolute atomic E-state index is 5.86. The van der Waals surface area contributed by atoms with Crippen LogP contribution in [0, 0.1) is 57.2 Å². The molecule has 0 spiro atoms. The number of fused-ring (bicyclic) bond motifs is 4. The quantitative estimate of drug-likeness (QED) is 0.175. The third-order valence-corrected chi connectivity index (χ3v) is 17.6. The lowest BCUT2D eigenvalue weighted by Crippen LogP contribution is -2.44. The Morgan fingerprint density at radius 3 is 1.41 bits per heavy atom. The average Bonchev–Trinajstić information content (AvgIpc) is 3.79. The molecule has 4 saturated carbocycles. The Morgan fingerprint density at radius 1 is 0.492 bits per heavy atom. The number of hydrogen-bond acceptors (Lipinski definition) is 1. The Kier molecular flexibility index (Phi) is 16.7. The van der Waals surface area contributed by atoms with E-state index in [1.807, 2.05) is 0 Å². The van der Waals surface area contributed by atoms with Gasteiger partial charge < -0.3 is 4.74 Å². The maximum Gasteiger partial charge on any atom is 0.0920 e. The molecule has 8 rings (SSSR count). The van der Waals surface area contributed by atoms with Crippen molar-refractivity contribution in [2.24, 2.45) is 57.2 Å². The molecule has 5 fully saturated rings. The second kappa shape index (κ2) is 20.4. The molecule has 8 aliphatic rings. The van der Waals surface area contributed by atoms with Crippen LogP contribution in [-0.4, -0.2) is 11.7 Å². The normalized spacial score (nSPS) is 40.1. The van der Waals surface area contributed by atoms with E-state index in [1.54, 1.807) is 11.1 Å². The van der Waals surface area contributed by atoms with Crippen molar-refractivity contribution in [1.82, 2.24) is 0 Å². The van der Waals surface area contributed by atoms with Crippen LogP contribution in [0.2, 0.25) is 0 Å². The molecule has 0 amide bonds. The molecule has 342 valence electrons. The van der Waals surface area contributed by atoms with Crippen molar-refractivity contribution in [2.75, 3.05) is 0 Å². The molecule has 0 aromatic heterocycles.